The molecule has 4 rings (SSSR count). The largest absolute Gasteiger partial charge is 0.391 e. The number of anilines is 1. The maximum atomic E-state index is 14.7. The topological polar surface area (TPSA) is 78.2 Å². The predicted octanol–water partition coefficient (Wildman–Crippen LogP) is 2.86. The number of pyridine rings is 1. The molecule has 0 unspecified atom stereocenters. The van der Waals surface area contributed by atoms with E-state index in [4.69, 9.17) is 0 Å². The molecule has 24 heavy (non-hydrogen) atoms. The number of benzene rings is 1. The van der Waals surface area contributed by atoms with E-state index in [9.17, 15) is 9.50 Å². The van der Waals surface area contributed by atoms with Crippen molar-refractivity contribution in [2.24, 2.45) is 0 Å². The summed E-state index contributed by atoms with van der Waals surface area (Å²) < 4.78 is 16.6. The molecule has 0 fully saturated rings. The van der Waals surface area contributed by atoms with E-state index in [0.29, 0.717) is 11.1 Å². The average Bonchev–Trinajstić information content (AvgIpc) is 3.22. The Labute approximate surface area is 137 Å². The lowest BCUT2D eigenvalue weighted by atomic mass is 9.94. The van der Waals surface area contributed by atoms with E-state index < -0.39 is 5.82 Å². The number of hydrogen-bond donors (Lipinski definition) is 3. The Hall–Kier alpha value is -2.93. The number of nitrogens with one attached hydrogen (secondary N) is 2. The summed E-state index contributed by atoms with van der Waals surface area (Å²) in [6, 6.07) is 3.80. The summed E-state index contributed by atoms with van der Waals surface area (Å²) in [5, 5.41) is 20.1. The van der Waals surface area contributed by atoms with Crippen LogP contribution in [0.25, 0.3) is 27.7 Å². The minimum absolute atomic E-state index is 0.241. The number of H-pyrrole nitrogens is 1. The van der Waals surface area contributed by atoms with E-state index in [0.717, 1.165) is 28.0 Å². The summed E-state index contributed by atoms with van der Waals surface area (Å²) in [4.78, 5) is 4.41. The number of rotatable bonds is 3. The van der Waals surface area contributed by atoms with Crippen molar-refractivity contribution in [2.45, 2.75) is 13.5 Å². The van der Waals surface area contributed by atoms with Crippen molar-refractivity contribution in [3.05, 3.63) is 47.7 Å². The van der Waals surface area contributed by atoms with Gasteiger partial charge in [0, 0.05) is 24.2 Å². The van der Waals surface area contributed by atoms with E-state index in [1.54, 1.807) is 13.1 Å². The Morgan fingerprint density at radius 1 is 1.33 bits per heavy atom. The molecule has 3 N–H and O–H groups in total. The molecule has 1 aromatic carbocycles. The highest BCUT2D eigenvalue weighted by atomic mass is 19.1. The van der Waals surface area contributed by atoms with Gasteiger partial charge in [-0.05, 0) is 35.7 Å². The summed E-state index contributed by atoms with van der Waals surface area (Å²) in [5.41, 5.74) is 3.67. The first-order chi connectivity index (χ1) is 11.6. The van der Waals surface area contributed by atoms with Gasteiger partial charge in [0.1, 0.15) is 17.3 Å². The molecule has 0 radical (unpaired) electrons. The van der Waals surface area contributed by atoms with Gasteiger partial charge in [0.25, 0.3) is 0 Å². The SMILES string of the molecule is CNc1cn2cc(-c3c(C)c(F)c(CO)c4[nH]ncc34)ccc2n1. The van der Waals surface area contributed by atoms with Crippen LogP contribution in [0.5, 0.6) is 0 Å². The van der Waals surface area contributed by atoms with Crippen molar-refractivity contribution in [3.63, 3.8) is 0 Å². The Morgan fingerprint density at radius 2 is 2.17 bits per heavy atom. The Morgan fingerprint density at radius 3 is 2.92 bits per heavy atom. The fraction of sp³-hybridized carbons (Fsp3) is 0.176. The highest BCUT2D eigenvalue weighted by Crippen LogP contribution is 2.35. The molecule has 0 spiro atoms. The van der Waals surface area contributed by atoms with Crippen molar-refractivity contribution in [3.8, 4) is 11.1 Å². The molecule has 0 saturated carbocycles. The first-order valence-corrected chi connectivity index (χ1v) is 7.55. The zero-order valence-corrected chi connectivity index (χ0v) is 13.3. The first kappa shape index (κ1) is 14.6. The molecule has 0 amide bonds. The number of aromatic amines is 1. The van der Waals surface area contributed by atoms with Crippen molar-refractivity contribution < 1.29 is 9.50 Å². The lowest BCUT2D eigenvalue weighted by Gasteiger charge is -2.13. The van der Waals surface area contributed by atoms with Gasteiger partial charge < -0.3 is 14.8 Å². The van der Waals surface area contributed by atoms with Gasteiger partial charge in [-0.15, -0.1) is 0 Å². The number of fused-ring (bicyclic) bond motifs is 2. The fourth-order valence-corrected chi connectivity index (χ4v) is 3.13. The number of aliphatic hydroxyl groups excluding tert-OH is 1. The molecular formula is C17H16FN5O. The van der Waals surface area contributed by atoms with Crippen LogP contribution >= 0.6 is 0 Å². The van der Waals surface area contributed by atoms with E-state index >= 15 is 0 Å². The van der Waals surface area contributed by atoms with Crippen LogP contribution in [0.1, 0.15) is 11.1 Å². The quantitative estimate of drug-likeness (QED) is 0.541. The smallest absolute Gasteiger partial charge is 0.145 e. The fourth-order valence-electron chi connectivity index (χ4n) is 3.13. The van der Waals surface area contributed by atoms with Gasteiger partial charge in [-0.2, -0.15) is 5.10 Å². The van der Waals surface area contributed by atoms with Gasteiger partial charge in [-0.1, -0.05) is 0 Å². The molecular weight excluding hydrogens is 309 g/mol. The minimum atomic E-state index is -0.411. The van der Waals surface area contributed by atoms with Crippen molar-refractivity contribution >= 4 is 22.4 Å². The van der Waals surface area contributed by atoms with E-state index in [-0.39, 0.29) is 12.2 Å². The van der Waals surface area contributed by atoms with E-state index in [2.05, 4.69) is 20.5 Å². The number of halogens is 1. The highest BCUT2D eigenvalue weighted by molar-refractivity contribution is 5.98. The minimum Gasteiger partial charge on any atom is -0.391 e. The Bertz CT molecular complexity index is 1070. The Balaban J connectivity index is 2.02. The van der Waals surface area contributed by atoms with Crippen molar-refractivity contribution in [1.82, 2.24) is 19.6 Å². The van der Waals surface area contributed by atoms with Crippen LogP contribution in [-0.4, -0.2) is 31.7 Å². The van der Waals surface area contributed by atoms with Crippen LogP contribution in [0.4, 0.5) is 10.2 Å². The molecule has 7 heteroatoms. The highest BCUT2D eigenvalue weighted by Gasteiger charge is 2.19. The summed E-state index contributed by atoms with van der Waals surface area (Å²) in [6.07, 6.45) is 5.45. The average molecular weight is 325 g/mol. The molecule has 0 aliphatic heterocycles. The van der Waals surface area contributed by atoms with Crippen molar-refractivity contribution in [2.75, 3.05) is 12.4 Å². The lowest BCUT2D eigenvalue weighted by molar-refractivity contribution is 0.277. The van der Waals surface area contributed by atoms with E-state index in [1.165, 1.54) is 0 Å². The van der Waals surface area contributed by atoms with Gasteiger partial charge in [0.05, 0.1) is 24.5 Å². The molecule has 0 atom stereocenters. The van der Waals surface area contributed by atoms with Gasteiger partial charge >= 0.3 is 0 Å². The molecule has 3 heterocycles. The zero-order chi connectivity index (χ0) is 16.8. The lowest BCUT2D eigenvalue weighted by Crippen LogP contribution is -1.99. The first-order valence-electron chi connectivity index (χ1n) is 7.55. The number of hydrogen-bond acceptors (Lipinski definition) is 4. The summed E-state index contributed by atoms with van der Waals surface area (Å²) in [7, 11) is 1.81. The zero-order valence-electron chi connectivity index (χ0n) is 13.3. The van der Waals surface area contributed by atoms with Crippen LogP contribution in [0, 0.1) is 12.7 Å². The van der Waals surface area contributed by atoms with Gasteiger partial charge in [-0.3, -0.25) is 5.10 Å². The van der Waals surface area contributed by atoms with Crippen LogP contribution in [0.15, 0.2) is 30.7 Å². The number of aromatic nitrogens is 4. The summed E-state index contributed by atoms with van der Waals surface area (Å²) in [6.45, 7) is 1.34. The normalized spacial score (nSPS) is 11.5. The molecule has 0 aliphatic carbocycles. The third-order valence-electron chi connectivity index (χ3n) is 4.33. The van der Waals surface area contributed by atoms with Crippen LogP contribution in [0.2, 0.25) is 0 Å². The molecule has 0 aliphatic rings. The van der Waals surface area contributed by atoms with E-state index in [1.807, 2.05) is 36.0 Å². The van der Waals surface area contributed by atoms with Crippen molar-refractivity contribution in [1.29, 1.82) is 0 Å². The second kappa shape index (κ2) is 5.31. The van der Waals surface area contributed by atoms with Crippen LogP contribution < -0.4 is 5.32 Å². The number of aliphatic hydroxyl groups is 1. The molecule has 4 aromatic rings. The predicted molar refractivity (Wildman–Crippen MR) is 90.4 cm³/mol. The molecule has 0 bridgehead atoms. The molecule has 3 aromatic heterocycles. The van der Waals surface area contributed by atoms with Gasteiger partial charge in [0.2, 0.25) is 0 Å². The number of imidazole rings is 1. The van der Waals surface area contributed by atoms with Gasteiger partial charge in [-0.25, -0.2) is 9.37 Å². The third-order valence-corrected chi connectivity index (χ3v) is 4.33. The standard InChI is InChI=1S/C17H16FN5O/c1-9-15(11-5-20-22-17(11)12(8-24)16(9)18)10-3-4-14-21-13(19-2)7-23(14)6-10/h3-7,19,24H,8H2,1-2H3,(H,20,22). The molecule has 6 nitrogen and oxygen atoms in total. The summed E-state index contributed by atoms with van der Waals surface area (Å²) in [5.74, 6) is 0.352. The molecule has 122 valence electrons. The molecule has 0 saturated heterocycles. The van der Waals surface area contributed by atoms with Gasteiger partial charge in [0.15, 0.2) is 0 Å². The third kappa shape index (κ3) is 1.98. The Kier molecular flexibility index (Phi) is 3.24. The second-order valence-corrected chi connectivity index (χ2v) is 5.67. The maximum absolute atomic E-state index is 14.7. The monoisotopic (exact) mass is 325 g/mol. The van der Waals surface area contributed by atoms with Crippen LogP contribution in [-0.2, 0) is 6.61 Å². The number of nitrogens with zero attached hydrogens (tertiary/aromatic N) is 3. The maximum Gasteiger partial charge on any atom is 0.145 e. The van der Waals surface area contributed by atoms with Crippen LogP contribution in [0.3, 0.4) is 0 Å². The second-order valence-electron chi connectivity index (χ2n) is 5.67. The summed E-state index contributed by atoms with van der Waals surface area (Å²) >= 11 is 0.